The molecule has 2 N–H and O–H groups in total. The number of likely N-dealkylation sites (N-methyl/N-ethyl adjacent to an activating group) is 1. The second-order valence-electron chi connectivity index (χ2n) is 5.56. The topological polar surface area (TPSA) is 45.1 Å². The summed E-state index contributed by atoms with van der Waals surface area (Å²) in [5, 5.41) is 11.6. The van der Waals surface area contributed by atoms with Crippen LogP contribution in [-0.4, -0.2) is 53.9 Å². The summed E-state index contributed by atoms with van der Waals surface area (Å²) in [6.07, 6.45) is 2.07. The maximum atomic E-state index is 4.53. The van der Waals surface area contributed by atoms with E-state index in [2.05, 4.69) is 45.5 Å². The van der Waals surface area contributed by atoms with Crippen LogP contribution in [0.2, 0.25) is 0 Å². The van der Waals surface area contributed by atoms with E-state index in [1.165, 1.54) is 11.3 Å². The van der Waals surface area contributed by atoms with Crippen LogP contribution < -0.4 is 10.6 Å². The van der Waals surface area contributed by atoms with Gasteiger partial charge in [-0.25, -0.2) is 0 Å². The normalized spacial score (nSPS) is 26.9. The molecule has 0 bridgehead atoms. The third-order valence-corrected chi connectivity index (χ3v) is 4.28. The Labute approximate surface area is 109 Å². The van der Waals surface area contributed by atoms with E-state index in [4.69, 9.17) is 0 Å². The van der Waals surface area contributed by atoms with Crippen molar-refractivity contribution in [2.75, 3.05) is 33.2 Å². The first-order chi connectivity index (χ1) is 8.75. The lowest BCUT2D eigenvalue weighted by molar-refractivity contribution is 0.222. The van der Waals surface area contributed by atoms with E-state index in [1.807, 2.05) is 0 Å². The highest BCUT2D eigenvalue weighted by molar-refractivity contribution is 5.25. The van der Waals surface area contributed by atoms with E-state index in [9.17, 15) is 0 Å². The standard InChI is InChI=1S/C13H23N5/c1-10(12-9-17(2)5-4-15-12)11-7-16-18-6-3-14-8-13(11)18/h7,10,12,14-15H,3-6,8-9H2,1-2H3/t10?,12-/m1/s1. The van der Waals surface area contributed by atoms with Gasteiger partial charge in [-0.15, -0.1) is 0 Å². The van der Waals surface area contributed by atoms with Crippen LogP contribution in [0, 0.1) is 0 Å². The van der Waals surface area contributed by atoms with Gasteiger partial charge in [0.15, 0.2) is 0 Å². The second-order valence-corrected chi connectivity index (χ2v) is 5.56. The Hall–Kier alpha value is -0.910. The third-order valence-electron chi connectivity index (χ3n) is 4.28. The van der Waals surface area contributed by atoms with E-state index < -0.39 is 0 Å². The number of hydrogen-bond acceptors (Lipinski definition) is 4. The highest BCUT2D eigenvalue weighted by Crippen LogP contribution is 2.25. The zero-order chi connectivity index (χ0) is 12.5. The van der Waals surface area contributed by atoms with Crippen molar-refractivity contribution >= 4 is 0 Å². The van der Waals surface area contributed by atoms with Gasteiger partial charge in [0.05, 0.1) is 18.4 Å². The van der Waals surface area contributed by atoms with Crippen molar-refractivity contribution in [3.8, 4) is 0 Å². The molecule has 0 amide bonds. The van der Waals surface area contributed by atoms with Gasteiger partial charge in [0.25, 0.3) is 0 Å². The van der Waals surface area contributed by atoms with Crippen molar-refractivity contribution in [1.82, 2.24) is 25.3 Å². The molecule has 0 spiro atoms. The molecule has 1 aromatic heterocycles. The Balaban J connectivity index is 1.79. The summed E-state index contributed by atoms with van der Waals surface area (Å²) >= 11 is 0. The Morgan fingerprint density at radius 1 is 1.39 bits per heavy atom. The van der Waals surface area contributed by atoms with Crippen LogP contribution in [0.25, 0.3) is 0 Å². The minimum atomic E-state index is 0.524. The minimum Gasteiger partial charge on any atom is -0.311 e. The van der Waals surface area contributed by atoms with Gasteiger partial charge in [-0.2, -0.15) is 5.10 Å². The quantitative estimate of drug-likeness (QED) is 0.774. The van der Waals surface area contributed by atoms with Gasteiger partial charge >= 0.3 is 0 Å². The lowest BCUT2D eigenvalue weighted by atomic mass is 9.92. The molecule has 3 rings (SSSR count). The highest BCUT2D eigenvalue weighted by atomic mass is 15.3. The van der Waals surface area contributed by atoms with Gasteiger partial charge in [-0.1, -0.05) is 6.92 Å². The molecule has 0 radical (unpaired) electrons. The molecule has 0 aromatic carbocycles. The lowest BCUT2D eigenvalue weighted by Gasteiger charge is -2.35. The predicted octanol–water partition coefficient (Wildman–Crippen LogP) is -0.00660. The number of fused-ring (bicyclic) bond motifs is 1. The maximum Gasteiger partial charge on any atom is 0.0557 e. The summed E-state index contributed by atoms with van der Waals surface area (Å²) in [6.45, 7) is 8.68. The molecule has 5 nitrogen and oxygen atoms in total. The van der Waals surface area contributed by atoms with Crippen molar-refractivity contribution in [2.45, 2.75) is 32.0 Å². The smallest absolute Gasteiger partial charge is 0.0557 e. The molecule has 1 unspecified atom stereocenters. The van der Waals surface area contributed by atoms with Crippen molar-refractivity contribution in [1.29, 1.82) is 0 Å². The summed E-state index contributed by atoms with van der Waals surface area (Å²) in [7, 11) is 2.20. The summed E-state index contributed by atoms with van der Waals surface area (Å²) in [5.41, 5.74) is 2.79. The van der Waals surface area contributed by atoms with Crippen LogP contribution in [0.15, 0.2) is 6.20 Å². The van der Waals surface area contributed by atoms with Crippen molar-refractivity contribution < 1.29 is 0 Å². The number of piperazine rings is 1. The van der Waals surface area contributed by atoms with E-state index >= 15 is 0 Å². The molecule has 5 heteroatoms. The summed E-state index contributed by atoms with van der Waals surface area (Å²) in [5.74, 6) is 0.524. The van der Waals surface area contributed by atoms with Crippen LogP contribution in [0.4, 0.5) is 0 Å². The molecule has 2 atom stereocenters. The predicted molar refractivity (Wildman–Crippen MR) is 71.6 cm³/mol. The van der Waals surface area contributed by atoms with Gasteiger partial charge < -0.3 is 15.5 Å². The fourth-order valence-corrected chi connectivity index (χ4v) is 3.07. The van der Waals surface area contributed by atoms with Crippen LogP contribution in [0.3, 0.4) is 0 Å². The van der Waals surface area contributed by atoms with Gasteiger partial charge in [0, 0.05) is 44.7 Å². The summed E-state index contributed by atoms with van der Waals surface area (Å²) in [6, 6.07) is 0.541. The zero-order valence-electron chi connectivity index (χ0n) is 11.3. The molecule has 18 heavy (non-hydrogen) atoms. The molecule has 3 heterocycles. The van der Waals surface area contributed by atoms with Crippen LogP contribution in [-0.2, 0) is 13.1 Å². The molecule has 100 valence electrons. The Kier molecular flexibility index (Phi) is 3.37. The highest BCUT2D eigenvalue weighted by Gasteiger charge is 2.27. The minimum absolute atomic E-state index is 0.524. The molecule has 2 aliphatic rings. The molecule has 0 saturated carbocycles. The molecule has 2 aliphatic heterocycles. The van der Waals surface area contributed by atoms with Gasteiger partial charge in [0.2, 0.25) is 0 Å². The fraction of sp³-hybridized carbons (Fsp3) is 0.769. The van der Waals surface area contributed by atoms with Gasteiger partial charge in [-0.05, 0) is 12.6 Å². The summed E-state index contributed by atoms with van der Waals surface area (Å²) in [4.78, 5) is 2.41. The number of rotatable bonds is 2. The van der Waals surface area contributed by atoms with Crippen molar-refractivity contribution in [3.63, 3.8) is 0 Å². The van der Waals surface area contributed by atoms with E-state index in [-0.39, 0.29) is 0 Å². The van der Waals surface area contributed by atoms with E-state index in [1.54, 1.807) is 0 Å². The molecular formula is C13H23N5. The summed E-state index contributed by atoms with van der Waals surface area (Å²) < 4.78 is 2.16. The molecule has 0 aliphatic carbocycles. The molecule has 1 saturated heterocycles. The van der Waals surface area contributed by atoms with Crippen LogP contribution >= 0.6 is 0 Å². The largest absolute Gasteiger partial charge is 0.311 e. The Morgan fingerprint density at radius 2 is 2.28 bits per heavy atom. The number of hydrogen-bond donors (Lipinski definition) is 2. The molecule has 1 fully saturated rings. The number of aromatic nitrogens is 2. The maximum absolute atomic E-state index is 4.53. The second kappa shape index (κ2) is 4.99. The molecule has 1 aromatic rings. The Bertz CT molecular complexity index is 414. The van der Waals surface area contributed by atoms with Crippen LogP contribution in [0.1, 0.15) is 24.1 Å². The van der Waals surface area contributed by atoms with Crippen molar-refractivity contribution in [2.24, 2.45) is 0 Å². The van der Waals surface area contributed by atoms with Gasteiger partial charge in [-0.3, -0.25) is 4.68 Å². The zero-order valence-corrected chi connectivity index (χ0v) is 11.3. The fourth-order valence-electron chi connectivity index (χ4n) is 3.07. The Morgan fingerprint density at radius 3 is 3.11 bits per heavy atom. The van der Waals surface area contributed by atoms with E-state index in [0.29, 0.717) is 12.0 Å². The van der Waals surface area contributed by atoms with Crippen molar-refractivity contribution in [3.05, 3.63) is 17.5 Å². The van der Waals surface area contributed by atoms with Gasteiger partial charge in [0.1, 0.15) is 0 Å². The monoisotopic (exact) mass is 249 g/mol. The SMILES string of the molecule is CC(c1cnn2c1CNCC2)[C@H]1CN(C)CCN1. The third kappa shape index (κ3) is 2.18. The molecular weight excluding hydrogens is 226 g/mol. The number of nitrogens with zero attached hydrogens (tertiary/aromatic N) is 3. The number of nitrogens with one attached hydrogen (secondary N) is 2. The van der Waals surface area contributed by atoms with E-state index in [0.717, 1.165) is 39.3 Å². The first-order valence-corrected chi connectivity index (χ1v) is 6.93. The first-order valence-electron chi connectivity index (χ1n) is 6.93. The first kappa shape index (κ1) is 12.1. The average Bonchev–Trinajstić information content (AvgIpc) is 2.82. The van der Waals surface area contributed by atoms with Crippen LogP contribution in [0.5, 0.6) is 0 Å². The average molecular weight is 249 g/mol. The lowest BCUT2D eigenvalue weighted by Crippen LogP contribution is -2.51.